The fourth-order valence-electron chi connectivity index (χ4n) is 2.78. The van der Waals surface area contributed by atoms with Crippen molar-refractivity contribution in [3.8, 4) is 11.5 Å². The first-order valence-electron chi connectivity index (χ1n) is 7.81. The Kier molecular flexibility index (Phi) is 3.67. The van der Waals surface area contributed by atoms with Gasteiger partial charge in [0.05, 0.1) is 11.7 Å². The molecule has 0 atom stereocenters. The van der Waals surface area contributed by atoms with Crippen molar-refractivity contribution in [2.45, 2.75) is 0 Å². The molecule has 0 spiro atoms. The Balaban J connectivity index is 1.73. The van der Waals surface area contributed by atoms with Gasteiger partial charge in [-0.1, -0.05) is 42.5 Å². The van der Waals surface area contributed by atoms with E-state index in [4.69, 9.17) is 0 Å². The topological polar surface area (TPSA) is 77.7 Å². The minimum atomic E-state index is -0.182. The summed E-state index contributed by atoms with van der Waals surface area (Å²) in [5, 5.41) is 26.3. The number of hydrogen-bond acceptors (Lipinski definition) is 5. The van der Waals surface area contributed by atoms with Crippen molar-refractivity contribution in [2.75, 3.05) is 5.43 Å². The normalized spacial score (nSPS) is 11.4. The van der Waals surface area contributed by atoms with E-state index < -0.39 is 0 Å². The van der Waals surface area contributed by atoms with Crippen molar-refractivity contribution in [2.24, 2.45) is 5.10 Å². The first kappa shape index (κ1) is 15.0. The average molecular weight is 329 g/mol. The fourth-order valence-corrected chi connectivity index (χ4v) is 2.78. The second kappa shape index (κ2) is 6.13. The minimum absolute atomic E-state index is 0.160. The van der Waals surface area contributed by atoms with Gasteiger partial charge in [-0.15, -0.1) is 0 Å². The molecule has 0 unspecified atom stereocenters. The first-order chi connectivity index (χ1) is 12.2. The number of phenolic OH excluding ortho intramolecular Hbond substituents is 2. The van der Waals surface area contributed by atoms with E-state index in [1.165, 1.54) is 12.1 Å². The number of rotatable bonds is 3. The Morgan fingerprint density at radius 3 is 2.32 bits per heavy atom. The number of pyridine rings is 1. The molecule has 25 heavy (non-hydrogen) atoms. The molecule has 4 aromatic rings. The minimum Gasteiger partial charge on any atom is -0.504 e. The van der Waals surface area contributed by atoms with E-state index in [2.05, 4.69) is 27.6 Å². The van der Waals surface area contributed by atoms with E-state index in [0.29, 0.717) is 11.4 Å². The molecule has 3 N–H and O–H groups in total. The van der Waals surface area contributed by atoms with Gasteiger partial charge in [-0.2, -0.15) is 5.10 Å². The number of para-hydroxylation sites is 1. The van der Waals surface area contributed by atoms with Gasteiger partial charge in [0.1, 0.15) is 0 Å². The highest BCUT2D eigenvalue weighted by molar-refractivity contribution is 6.10. The van der Waals surface area contributed by atoms with Crippen LogP contribution in [-0.4, -0.2) is 21.4 Å². The molecule has 0 aliphatic heterocycles. The zero-order valence-corrected chi connectivity index (χ0v) is 13.2. The predicted octanol–water partition coefficient (Wildman–Crippen LogP) is 4.25. The molecule has 5 heteroatoms. The Morgan fingerprint density at radius 1 is 0.800 bits per heavy atom. The van der Waals surface area contributed by atoms with Gasteiger partial charge in [-0.05, 0) is 35.2 Å². The quantitative estimate of drug-likeness (QED) is 0.227. The lowest BCUT2D eigenvalue weighted by Crippen LogP contribution is -1.96. The van der Waals surface area contributed by atoms with Gasteiger partial charge in [0, 0.05) is 10.8 Å². The molecule has 0 aliphatic carbocycles. The lowest BCUT2D eigenvalue weighted by molar-refractivity contribution is 0.403. The maximum atomic E-state index is 9.53. The van der Waals surface area contributed by atoms with E-state index in [1.54, 1.807) is 12.3 Å². The Labute approximate surface area is 143 Å². The molecular weight excluding hydrogens is 314 g/mol. The molecule has 0 amide bonds. The van der Waals surface area contributed by atoms with Crippen molar-refractivity contribution in [1.29, 1.82) is 0 Å². The number of aromatic nitrogens is 1. The lowest BCUT2D eigenvalue weighted by atomic mass is 10.1. The van der Waals surface area contributed by atoms with Crippen LogP contribution in [0, 0.1) is 0 Å². The number of anilines is 1. The fraction of sp³-hybridized carbons (Fsp3) is 0. The maximum Gasteiger partial charge on any atom is 0.158 e. The van der Waals surface area contributed by atoms with Crippen LogP contribution in [0.1, 0.15) is 5.56 Å². The van der Waals surface area contributed by atoms with Crippen LogP contribution in [0.5, 0.6) is 11.5 Å². The zero-order chi connectivity index (χ0) is 17.2. The molecule has 122 valence electrons. The number of benzene rings is 3. The summed E-state index contributed by atoms with van der Waals surface area (Å²) in [4.78, 5) is 4.65. The molecule has 3 aromatic carbocycles. The van der Waals surface area contributed by atoms with Crippen LogP contribution in [0.2, 0.25) is 0 Å². The average Bonchev–Trinajstić information content (AvgIpc) is 2.65. The summed E-state index contributed by atoms with van der Waals surface area (Å²) >= 11 is 0. The summed E-state index contributed by atoms with van der Waals surface area (Å²) in [6, 6.07) is 20.5. The molecule has 5 nitrogen and oxygen atoms in total. The highest BCUT2D eigenvalue weighted by Crippen LogP contribution is 2.29. The number of nitrogens with one attached hydrogen (secondary N) is 1. The van der Waals surface area contributed by atoms with Gasteiger partial charge in [-0.25, -0.2) is 4.98 Å². The summed E-state index contributed by atoms with van der Waals surface area (Å²) < 4.78 is 0. The smallest absolute Gasteiger partial charge is 0.158 e. The van der Waals surface area contributed by atoms with Gasteiger partial charge in [0.2, 0.25) is 0 Å². The summed E-state index contributed by atoms with van der Waals surface area (Å²) in [5.74, 6) is 0.319. The van der Waals surface area contributed by atoms with Crippen LogP contribution in [0.25, 0.3) is 21.7 Å². The Morgan fingerprint density at radius 2 is 1.52 bits per heavy atom. The number of phenols is 2. The van der Waals surface area contributed by atoms with Gasteiger partial charge in [0.25, 0.3) is 0 Å². The highest BCUT2D eigenvalue weighted by atomic mass is 16.3. The van der Waals surface area contributed by atoms with Crippen molar-refractivity contribution >= 4 is 33.7 Å². The number of hydrogen-bond donors (Lipinski definition) is 3. The summed E-state index contributed by atoms with van der Waals surface area (Å²) in [6.45, 7) is 0. The third-order valence-corrected chi connectivity index (χ3v) is 3.99. The van der Waals surface area contributed by atoms with Gasteiger partial charge >= 0.3 is 0 Å². The third-order valence-electron chi connectivity index (χ3n) is 3.99. The molecular formula is C20H15N3O2. The van der Waals surface area contributed by atoms with Crippen LogP contribution in [0.15, 0.2) is 71.8 Å². The molecule has 0 fully saturated rings. The number of nitrogens with zero attached hydrogens (tertiary/aromatic N) is 2. The monoisotopic (exact) mass is 329 g/mol. The number of fused-ring (bicyclic) bond motifs is 3. The van der Waals surface area contributed by atoms with Crippen LogP contribution in [-0.2, 0) is 0 Å². The van der Waals surface area contributed by atoms with Crippen molar-refractivity contribution < 1.29 is 10.2 Å². The predicted molar refractivity (Wildman–Crippen MR) is 100 cm³/mol. The first-order valence-corrected chi connectivity index (χ1v) is 7.81. The molecule has 0 radical (unpaired) electrons. The van der Waals surface area contributed by atoms with Gasteiger partial charge in [-0.3, -0.25) is 5.43 Å². The van der Waals surface area contributed by atoms with Crippen LogP contribution < -0.4 is 5.43 Å². The van der Waals surface area contributed by atoms with Crippen molar-refractivity contribution in [3.05, 3.63) is 72.3 Å². The Bertz CT molecular complexity index is 1110. The summed E-state index contributed by atoms with van der Waals surface area (Å²) in [7, 11) is 0. The van der Waals surface area contributed by atoms with Crippen LogP contribution in [0.3, 0.4) is 0 Å². The molecule has 0 bridgehead atoms. The van der Waals surface area contributed by atoms with Crippen molar-refractivity contribution in [3.63, 3.8) is 0 Å². The number of aromatic hydroxyl groups is 2. The molecule has 1 aromatic heterocycles. The van der Waals surface area contributed by atoms with Crippen LogP contribution in [0.4, 0.5) is 5.82 Å². The molecule has 0 saturated carbocycles. The summed E-state index contributed by atoms with van der Waals surface area (Å²) in [5.41, 5.74) is 4.53. The van der Waals surface area contributed by atoms with E-state index in [-0.39, 0.29) is 11.5 Å². The van der Waals surface area contributed by atoms with Crippen molar-refractivity contribution in [1.82, 2.24) is 4.98 Å². The molecule has 1 heterocycles. The number of hydrazone groups is 1. The molecule has 0 aliphatic rings. The molecule has 4 rings (SSSR count). The Hall–Kier alpha value is -3.60. The van der Waals surface area contributed by atoms with E-state index in [9.17, 15) is 10.2 Å². The highest BCUT2D eigenvalue weighted by Gasteiger charge is 2.06. The third kappa shape index (κ3) is 2.83. The summed E-state index contributed by atoms with van der Waals surface area (Å²) in [6.07, 6.45) is 1.56. The van der Waals surface area contributed by atoms with E-state index in [1.807, 2.05) is 36.4 Å². The zero-order valence-electron chi connectivity index (χ0n) is 13.2. The standard InChI is InChI=1S/C20H15N3O2/c24-18-10-9-13(11-19(18)25)12-21-23-20-16-7-2-1-5-14(16)15-6-3-4-8-17(15)22-20/h1-12,24-25H,(H,22,23)/b21-12-. The van der Waals surface area contributed by atoms with Crippen LogP contribution >= 0.6 is 0 Å². The lowest BCUT2D eigenvalue weighted by Gasteiger charge is -2.08. The van der Waals surface area contributed by atoms with Gasteiger partial charge < -0.3 is 10.2 Å². The van der Waals surface area contributed by atoms with Gasteiger partial charge in [0.15, 0.2) is 17.3 Å². The maximum absolute atomic E-state index is 9.53. The second-order valence-corrected chi connectivity index (χ2v) is 5.64. The largest absolute Gasteiger partial charge is 0.504 e. The molecule has 0 saturated heterocycles. The van der Waals surface area contributed by atoms with E-state index in [0.717, 1.165) is 21.7 Å². The van der Waals surface area contributed by atoms with E-state index >= 15 is 0 Å². The SMILES string of the molecule is Oc1ccc(/C=N\Nc2nc3ccccc3c3ccccc23)cc1O. The second-order valence-electron chi connectivity index (χ2n) is 5.64.